The summed E-state index contributed by atoms with van der Waals surface area (Å²) in [5.74, 6) is -1.42. The van der Waals surface area contributed by atoms with Crippen molar-refractivity contribution in [3.05, 3.63) is 71.3 Å². The molecule has 0 unspecified atom stereocenters. The smallest absolute Gasteiger partial charge is 0.230 e. The number of ether oxygens (including phenoxy) is 1. The third kappa shape index (κ3) is 3.79. The lowest BCUT2D eigenvalue weighted by Gasteiger charge is -2.29. The lowest BCUT2D eigenvalue weighted by atomic mass is 9.73. The van der Waals surface area contributed by atoms with Gasteiger partial charge in [0, 0.05) is 45.8 Å². The van der Waals surface area contributed by atoms with Crippen LogP contribution in [-0.4, -0.2) is 55.6 Å². The summed E-state index contributed by atoms with van der Waals surface area (Å²) in [6.07, 6.45) is 0.795. The fourth-order valence-electron chi connectivity index (χ4n) is 4.88. The largest absolute Gasteiger partial charge is 0.383 e. The monoisotopic (exact) mass is 400 g/mol. The summed E-state index contributed by atoms with van der Waals surface area (Å²) < 4.78 is 32.1. The lowest BCUT2D eigenvalue weighted by molar-refractivity contribution is -0.136. The van der Waals surface area contributed by atoms with Crippen molar-refractivity contribution in [3.8, 4) is 0 Å². The van der Waals surface area contributed by atoms with E-state index in [9.17, 15) is 13.6 Å². The SMILES string of the molecule is COCCN1CC[C@@]2(CN(Cc3ccc(F)c(F)c3)C[C@@H]2c2ccccc2)C1=O. The van der Waals surface area contributed by atoms with Gasteiger partial charge in [0.2, 0.25) is 5.91 Å². The Balaban J connectivity index is 1.60. The van der Waals surface area contributed by atoms with Crippen LogP contribution in [0.15, 0.2) is 48.5 Å². The zero-order valence-electron chi connectivity index (χ0n) is 16.6. The number of likely N-dealkylation sites (tertiary alicyclic amines) is 2. The molecule has 154 valence electrons. The Kier molecular flexibility index (Phi) is 5.65. The van der Waals surface area contributed by atoms with Crippen molar-refractivity contribution in [1.29, 1.82) is 0 Å². The highest BCUT2D eigenvalue weighted by atomic mass is 19.2. The summed E-state index contributed by atoms with van der Waals surface area (Å²) in [5, 5.41) is 0. The van der Waals surface area contributed by atoms with Gasteiger partial charge in [-0.2, -0.15) is 0 Å². The maximum Gasteiger partial charge on any atom is 0.230 e. The molecule has 1 spiro atoms. The van der Waals surface area contributed by atoms with Crippen molar-refractivity contribution >= 4 is 5.91 Å². The van der Waals surface area contributed by atoms with E-state index >= 15 is 0 Å². The molecule has 2 aliphatic heterocycles. The van der Waals surface area contributed by atoms with Crippen molar-refractivity contribution in [2.24, 2.45) is 5.41 Å². The molecular weight excluding hydrogens is 374 g/mol. The molecule has 2 saturated heterocycles. The molecule has 29 heavy (non-hydrogen) atoms. The van der Waals surface area contributed by atoms with E-state index < -0.39 is 17.0 Å². The van der Waals surface area contributed by atoms with Gasteiger partial charge in [0.25, 0.3) is 0 Å². The molecular formula is C23H26F2N2O2. The number of nitrogens with zero attached hydrogens (tertiary/aromatic N) is 2. The van der Waals surface area contributed by atoms with Crippen LogP contribution in [0.2, 0.25) is 0 Å². The first-order valence-electron chi connectivity index (χ1n) is 10.0. The van der Waals surface area contributed by atoms with Crippen LogP contribution in [0, 0.1) is 17.0 Å². The molecule has 0 bridgehead atoms. The normalized spacial score (nSPS) is 24.7. The van der Waals surface area contributed by atoms with Crippen LogP contribution in [-0.2, 0) is 16.1 Å². The minimum absolute atomic E-state index is 0.0778. The highest BCUT2D eigenvalue weighted by molar-refractivity contribution is 5.87. The quantitative estimate of drug-likeness (QED) is 0.745. The molecule has 0 N–H and O–H groups in total. The van der Waals surface area contributed by atoms with E-state index in [4.69, 9.17) is 4.74 Å². The van der Waals surface area contributed by atoms with Gasteiger partial charge in [-0.25, -0.2) is 8.78 Å². The van der Waals surface area contributed by atoms with Crippen molar-refractivity contribution in [2.75, 3.05) is 39.9 Å². The van der Waals surface area contributed by atoms with Gasteiger partial charge >= 0.3 is 0 Å². The minimum atomic E-state index is -0.839. The zero-order valence-corrected chi connectivity index (χ0v) is 16.6. The van der Waals surface area contributed by atoms with E-state index in [1.54, 1.807) is 13.2 Å². The summed E-state index contributed by atoms with van der Waals surface area (Å²) in [5.41, 5.74) is 1.39. The molecule has 2 aromatic carbocycles. The first kappa shape index (κ1) is 20.0. The van der Waals surface area contributed by atoms with Gasteiger partial charge in [-0.05, 0) is 29.7 Å². The molecule has 2 aromatic rings. The second-order valence-corrected chi connectivity index (χ2v) is 8.07. The van der Waals surface area contributed by atoms with Crippen LogP contribution in [0.5, 0.6) is 0 Å². The first-order chi connectivity index (χ1) is 14.0. The van der Waals surface area contributed by atoms with Crippen molar-refractivity contribution < 1.29 is 18.3 Å². The summed E-state index contributed by atoms with van der Waals surface area (Å²) in [6, 6.07) is 14.2. The Morgan fingerprint density at radius 3 is 2.66 bits per heavy atom. The second-order valence-electron chi connectivity index (χ2n) is 8.07. The van der Waals surface area contributed by atoms with Crippen LogP contribution < -0.4 is 0 Å². The van der Waals surface area contributed by atoms with Gasteiger partial charge in [-0.15, -0.1) is 0 Å². The number of carbonyl (C=O) groups is 1. The molecule has 4 nitrogen and oxygen atoms in total. The van der Waals surface area contributed by atoms with Crippen LogP contribution >= 0.6 is 0 Å². The van der Waals surface area contributed by atoms with Crippen LogP contribution in [0.4, 0.5) is 8.78 Å². The summed E-state index contributed by atoms with van der Waals surface area (Å²) in [4.78, 5) is 17.5. The van der Waals surface area contributed by atoms with Crippen LogP contribution in [0.3, 0.4) is 0 Å². The van der Waals surface area contributed by atoms with Crippen LogP contribution in [0.25, 0.3) is 0 Å². The maximum absolute atomic E-state index is 13.7. The summed E-state index contributed by atoms with van der Waals surface area (Å²) in [6.45, 7) is 3.68. The van der Waals surface area contributed by atoms with Crippen molar-refractivity contribution in [1.82, 2.24) is 9.80 Å². The van der Waals surface area contributed by atoms with E-state index in [0.29, 0.717) is 32.8 Å². The van der Waals surface area contributed by atoms with Crippen molar-refractivity contribution in [3.63, 3.8) is 0 Å². The third-order valence-corrected chi connectivity index (χ3v) is 6.31. The number of benzene rings is 2. The molecule has 2 fully saturated rings. The third-order valence-electron chi connectivity index (χ3n) is 6.31. The molecule has 6 heteroatoms. The second kappa shape index (κ2) is 8.20. The average molecular weight is 400 g/mol. The number of amides is 1. The number of halogens is 2. The Morgan fingerprint density at radius 1 is 1.14 bits per heavy atom. The number of rotatable bonds is 6. The van der Waals surface area contributed by atoms with E-state index in [-0.39, 0.29) is 11.8 Å². The molecule has 0 radical (unpaired) electrons. The molecule has 0 saturated carbocycles. The fraction of sp³-hybridized carbons (Fsp3) is 0.435. The summed E-state index contributed by atoms with van der Waals surface area (Å²) >= 11 is 0. The Bertz CT molecular complexity index is 876. The highest BCUT2D eigenvalue weighted by Crippen LogP contribution is 2.50. The molecule has 2 aliphatic rings. The minimum Gasteiger partial charge on any atom is -0.383 e. The Morgan fingerprint density at radius 2 is 1.93 bits per heavy atom. The van der Waals surface area contributed by atoms with E-state index in [0.717, 1.165) is 24.1 Å². The molecule has 1 amide bonds. The van der Waals surface area contributed by atoms with E-state index in [1.165, 1.54) is 12.1 Å². The van der Waals surface area contributed by atoms with E-state index in [2.05, 4.69) is 17.0 Å². The van der Waals surface area contributed by atoms with E-state index in [1.807, 2.05) is 23.1 Å². The molecule has 2 atom stereocenters. The Hall–Kier alpha value is -2.31. The molecule has 2 heterocycles. The standard InChI is InChI=1S/C23H26F2N2O2/c1-29-12-11-27-10-9-23(22(27)28)16-26(14-17-7-8-20(24)21(25)13-17)15-19(23)18-5-3-2-4-6-18/h2-8,13,19H,9-12,14-16H2,1H3/t19-,23+/m1/s1. The predicted octanol–water partition coefficient (Wildman–Crippen LogP) is 3.43. The number of hydrogen-bond donors (Lipinski definition) is 0. The predicted molar refractivity (Wildman–Crippen MR) is 106 cm³/mol. The fourth-order valence-corrected chi connectivity index (χ4v) is 4.88. The lowest BCUT2D eigenvalue weighted by Crippen LogP contribution is -2.40. The molecule has 0 aromatic heterocycles. The number of carbonyl (C=O) groups excluding carboxylic acids is 1. The Labute approximate surface area is 170 Å². The summed E-state index contributed by atoms with van der Waals surface area (Å²) in [7, 11) is 1.64. The van der Waals surface area contributed by atoms with Crippen LogP contribution in [0.1, 0.15) is 23.5 Å². The van der Waals surface area contributed by atoms with Gasteiger partial charge in [0.05, 0.1) is 12.0 Å². The van der Waals surface area contributed by atoms with Crippen molar-refractivity contribution in [2.45, 2.75) is 18.9 Å². The van der Waals surface area contributed by atoms with Gasteiger partial charge in [-0.3, -0.25) is 9.69 Å². The highest BCUT2D eigenvalue weighted by Gasteiger charge is 2.56. The molecule has 4 rings (SSSR count). The van der Waals surface area contributed by atoms with Gasteiger partial charge in [0.15, 0.2) is 11.6 Å². The number of hydrogen-bond acceptors (Lipinski definition) is 3. The zero-order chi connectivity index (χ0) is 20.4. The average Bonchev–Trinajstić information content (AvgIpc) is 3.25. The van der Waals surface area contributed by atoms with Gasteiger partial charge in [0.1, 0.15) is 0 Å². The van der Waals surface area contributed by atoms with Gasteiger partial charge < -0.3 is 9.64 Å². The van der Waals surface area contributed by atoms with Gasteiger partial charge in [-0.1, -0.05) is 36.4 Å². The molecule has 0 aliphatic carbocycles. The number of methoxy groups -OCH3 is 1. The maximum atomic E-state index is 13.7. The topological polar surface area (TPSA) is 32.8 Å². The first-order valence-corrected chi connectivity index (χ1v) is 10.0.